The summed E-state index contributed by atoms with van der Waals surface area (Å²) in [6.07, 6.45) is 4.73. The maximum absolute atomic E-state index is 6.32. The first kappa shape index (κ1) is 25.5. The van der Waals surface area contributed by atoms with E-state index in [2.05, 4.69) is 41.7 Å². The van der Waals surface area contributed by atoms with Crippen molar-refractivity contribution in [1.82, 2.24) is 25.3 Å². The van der Waals surface area contributed by atoms with Crippen molar-refractivity contribution >= 4 is 41.5 Å². The summed E-state index contributed by atoms with van der Waals surface area (Å²) in [5.74, 6) is 1.56. The van der Waals surface area contributed by atoms with Gasteiger partial charge in [0.2, 0.25) is 0 Å². The van der Waals surface area contributed by atoms with E-state index < -0.39 is 0 Å². The van der Waals surface area contributed by atoms with Crippen LogP contribution >= 0.6 is 35.6 Å². The normalized spacial score (nSPS) is 12.4. The minimum absolute atomic E-state index is 0. The predicted molar refractivity (Wildman–Crippen MR) is 131 cm³/mol. The van der Waals surface area contributed by atoms with Crippen LogP contribution in [0, 0.1) is 0 Å². The SMILES string of the molecule is CCNC(=NCC(c1cnn(C)c1)N(C)C)NCCc1ccc(OC)cc1Cl.I. The van der Waals surface area contributed by atoms with Gasteiger partial charge in [-0.15, -0.1) is 24.0 Å². The third kappa shape index (κ3) is 8.02. The molecule has 2 rings (SSSR count). The number of aromatic nitrogens is 2. The summed E-state index contributed by atoms with van der Waals surface area (Å²) in [5.41, 5.74) is 2.23. The maximum atomic E-state index is 6.32. The molecule has 1 atom stereocenters. The highest BCUT2D eigenvalue weighted by Crippen LogP contribution is 2.22. The largest absolute Gasteiger partial charge is 0.497 e. The van der Waals surface area contributed by atoms with E-state index in [1.54, 1.807) is 7.11 Å². The number of ether oxygens (including phenoxy) is 1. The van der Waals surface area contributed by atoms with Crippen LogP contribution < -0.4 is 15.4 Å². The van der Waals surface area contributed by atoms with Crippen LogP contribution in [0.2, 0.25) is 5.02 Å². The summed E-state index contributed by atoms with van der Waals surface area (Å²) in [6.45, 7) is 4.23. The van der Waals surface area contributed by atoms with Gasteiger partial charge >= 0.3 is 0 Å². The molecule has 2 aromatic rings. The lowest BCUT2D eigenvalue weighted by molar-refractivity contribution is 0.306. The molecule has 162 valence electrons. The number of hydrogen-bond acceptors (Lipinski definition) is 4. The fourth-order valence-electron chi connectivity index (χ4n) is 2.87. The van der Waals surface area contributed by atoms with E-state index in [1.807, 2.05) is 42.3 Å². The Kier molecular flexibility index (Phi) is 11.4. The zero-order valence-corrected chi connectivity index (χ0v) is 20.9. The molecule has 29 heavy (non-hydrogen) atoms. The first-order valence-electron chi connectivity index (χ1n) is 9.44. The van der Waals surface area contributed by atoms with Gasteiger partial charge in [-0.25, -0.2) is 0 Å². The lowest BCUT2D eigenvalue weighted by atomic mass is 10.1. The van der Waals surface area contributed by atoms with Gasteiger partial charge in [0.05, 0.1) is 25.9 Å². The molecule has 0 amide bonds. The van der Waals surface area contributed by atoms with Gasteiger partial charge in [0.15, 0.2) is 5.96 Å². The summed E-state index contributed by atoms with van der Waals surface area (Å²) in [7, 11) is 7.67. The van der Waals surface area contributed by atoms with Crippen molar-refractivity contribution in [3.8, 4) is 5.75 Å². The summed E-state index contributed by atoms with van der Waals surface area (Å²) in [4.78, 5) is 6.92. The summed E-state index contributed by atoms with van der Waals surface area (Å²) in [6, 6.07) is 5.93. The predicted octanol–water partition coefficient (Wildman–Crippen LogP) is 3.10. The molecule has 0 spiro atoms. The first-order valence-corrected chi connectivity index (χ1v) is 9.82. The van der Waals surface area contributed by atoms with Crippen LogP contribution in [0.4, 0.5) is 0 Å². The van der Waals surface area contributed by atoms with Gasteiger partial charge in [-0.2, -0.15) is 5.10 Å². The molecule has 1 unspecified atom stereocenters. The Morgan fingerprint density at radius 3 is 2.66 bits per heavy atom. The minimum Gasteiger partial charge on any atom is -0.497 e. The molecule has 0 radical (unpaired) electrons. The van der Waals surface area contributed by atoms with Gasteiger partial charge in [0, 0.05) is 36.9 Å². The summed E-state index contributed by atoms with van der Waals surface area (Å²) in [5, 5.41) is 11.7. The Morgan fingerprint density at radius 2 is 2.10 bits per heavy atom. The Morgan fingerprint density at radius 1 is 1.34 bits per heavy atom. The molecular weight excluding hydrogens is 503 g/mol. The number of halogens is 2. The Bertz CT molecular complexity index is 780. The van der Waals surface area contributed by atoms with Crippen molar-refractivity contribution in [1.29, 1.82) is 0 Å². The van der Waals surface area contributed by atoms with Crippen molar-refractivity contribution < 1.29 is 4.74 Å². The van der Waals surface area contributed by atoms with Crippen LogP contribution in [0.1, 0.15) is 24.1 Å². The number of methoxy groups -OCH3 is 1. The quantitative estimate of drug-likeness (QED) is 0.294. The number of guanidine groups is 1. The Hall–Kier alpha value is -1.52. The third-order valence-electron chi connectivity index (χ3n) is 4.45. The lowest BCUT2D eigenvalue weighted by Crippen LogP contribution is -2.39. The fourth-order valence-corrected chi connectivity index (χ4v) is 3.14. The monoisotopic (exact) mass is 534 g/mol. The molecule has 1 aromatic heterocycles. The zero-order valence-electron chi connectivity index (χ0n) is 17.8. The van der Waals surface area contributed by atoms with E-state index in [-0.39, 0.29) is 30.0 Å². The second kappa shape index (κ2) is 12.9. The van der Waals surface area contributed by atoms with E-state index in [4.69, 9.17) is 21.3 Å². The average Bonchev–Trinajstić information content (AvgIpc) is 3.08. The number of aliphatic imine (C=N–C) groups is 1. The molecule has 0 saturated heterocycles. The topological polar surface area (TPSA) is 66.7 Å². The highest BCUT2D eigenvalue weighted by Gasteiger charge is 2.15. The van der Waals surface area contributed by atoms with Crippen molar-refractivity contribution in [3.63, 3.8) is 0 Å². The van der Waals surface area contributed by atoms with E-state index in [0.717, 1.165) is 42.3 Å². The number of hydrogen-bond donors (Lipinski definition) is 2. The van der Waals surface area contributed by atoms with Crippen LogP contribution in [-0.2, 0) is 13.5 Å². The van der Waals surface area contributed by atoms with Crippen molar-refractivity contribution in [2.75, 3.05) is 40.8 Å². The van der Waals surface area contributed by atoms with Gasteiger partial charge in [-0.05, 0) is 45.1 Å². The molecular formula is C20H32ClIN6O. The van der Waals surface area contributed by atoms with Crippen LogP contribution in [0.5, 0.6) is 5.75 Å². The highest BCUT2D eigenvalue weighted by atomic mass is 127. The second-order valence-electron chi connectivity index (χ2n) is 6.78. The number of nitrogens with one attached hydrogen (secondary N) is 2. The lowest BCUT2D eigenvalue weighted by Gasteiger charge is -2.22. The number of benzene rings is 1. The molecule has 1 heterocycles. The third-order valence-corrected chi connectivity index (χ3v) is 4.80. The maximum Gasteiger partial charge on any atom is 0.191 e. The molecule has 0 bridgehead atoms. The Balaban J connectivity index is 0.00000420. The van der Waals surface area contributed by atoms with Gasteiger partial charge in [0.25, 0.3) is 0 Å². The minimum atomic E-state index is 0. The van der Waals surface area contributed by atoms with Gasteiger partial charge in [0.1, 0.15) is 5.75 Å². The van der Waals surface area contributed by atoms with Crippen LogP contribution in [-0.4, -0.2) is 61.5 Å². The molecule has 0 aliphatic carbocycles. The standard InChI is InChI=1S/C20H31ClN6O.HI/c1-6-22-20(23-10-9-15-7-8-17(28-5)11-18(15)21)24-13-19(26(2)3)16-12-25-27(4)14-16;/h7-8,11-12,14,19H,6,9-10,13H2,1-5H3,(H2,22,23,24);1H. The highest BCUT2D eigenvalue weighted by molar-refractivity contribution is 14.0. The van der Waals surface area contributed by atoms with Gasteiger partial charge in [-0.3, -0.25) is 9.67 Å². The summed E-state index contributed by atoms with van der Waals surface area (Å²) < 4.78 is 7.01. The number of rotatable bonds is 9. The van der Waals surface area contributed by atoms with Crippen LogP contribution in [0.15, 0.2) is 35.6 Å². The van der Waals surface area contributed by atoms with Crippen molar-refractivity contribution in [2.45, 2.75) is 19.4 Å². The van der Waals surface area contributed by atoms with Crippen molar-refractivity contribution in [3.05, 3.63) is 46.7 Å². The molecule has 0 saturated carbocycles. The Labute approximate surface area is 195 Å². The van der Waals surface area contributed by atoms with E-state index in [1.165, 1.54) is 0 Å². The first-order chi connectivity index (χ1) is 13.4. The number of nitrogens with zero attached hydrogens (tertiary/aromatic N) is 4. The smallest absolute Gasteiger partial charge is 0.191 e. The molecule has 0 fully saturated rings. The van der Waals surface area contributed by atoms with E-state index in [0.29, 0.717) is 11.6 Å². The van der Waals surface area contributed by atoms with Gasteiger partial charge in [-0.1, -0.05) is 17.7 Å². The number of aryl methyl sites for hydroxylation is 1. The second-order valence-corrected chi connectivity index (χ2v) is 7.19. The van der Waals surface area contributed by atoms with Crippen LogP contribution in [0.25, 0.3) is 0 Å². The van der Waals surface area contributed by atoms with E-state index in [9.17, 15) is 0 Å². The van der Waals surface area contributed by atoms with Crippen LogP contribution in [0.3, 0.4) is 0 Å². The zero-order chi connectivity index (χ0) is 20.5. The molecule has 7 nitrogen and oxygen atoms in total. The molecule has 0 aliphatic heterocycles. The molecule has 2 N–H and O–H groups in total. The molecule has 1 aromatic carbocycles. The number of likely N-dealkylation sites (N-methyl/N-ethyl adjacent to an activating group) is 1. The van der Waals surface area contributed by atoms with Crippen molar-refractivity contribution in [2.24, 2.45) is 12.0 Å². The summed E-state index contributed by atoms with van der Waals surface area (Å²) >= 11 is 6.32. The fraction of sp³-hybridized carbons (Fsp3) is 0.500. The average molecular weight is 535 g/mol. The van der Waals surface area contributed by atoms with Gasteiger partial charge < -0.3 is 20.3 Å². The molecule has 9 heteroatoms. The molecule has 0 aliphatic rings. The van der Waals surface area contributed by atoms with E-state index >= 15 is 0 Å².